The Bertz CT molecular complexity index is 391. The molecule has 0 spiro atoms. The van der Waals surface area contributed by atoms with E-state index in [-0.39, 0.29) is 5.91 Å². The van der Waals surface area contributed by atoms with E-state index in [1.807, 2.05) is 29.2 Å². The van der Waals surface area contributed by atoms with Gasteiger partial charge in [-0.05, 0) is 31.4 Å². The summed E-state index contributed by atoms with van der Waals surface area (Å²) in [5.74, 6) is 0.134. The molecule has 0 aromatic heterocycles. The molecule has 0 saturated carbocycles. The Morgan fingerprint density at radius 3 is 2.94 bits per heavy atom. The fourth-order valence-corrected chi connectivity index (χ4v) is 2.59. The van der Waals surface area contributed by atoms with Gasteiger partial charge in [-0.1, -0.05) is 19.1 Å². The normalized spacial score (nSPS) is 20.1. The Hall–Kier alpha value is -0.960. The molecule has 0 bridgehead atoms. The number of hydrogen-bond acceptors (Lipinski definition) is 2. The third-order valence-electron chi connectivity index (χ3n) is 3.24. The van der Waals surface area contributed by atoms with Crippen molar-refractivity contribution in [3.63, 3.8) is 0 Å². The number of likely N-dealkylation sites (tertiary alicyclic amines) is 1. The van der Waals surface area contributed by atoms with E-state index in [2.05, 4.69) is 19.6 Å². The fraction of sp³-hybridized carbons (Fsp3) is 0.462. The van der Waals surface area contributed by atoms with Crippen molar-refractivity contribution < 1.29 is 4.79 Å². The number of amides is 1. The molecule has 1 fully saturated rings. The molecule has 0 N–H and O–H groups in total. The van der Waals surface area contributed by atoms with Gasteiger partial charge in [0.05, 0.1) is 5.56 Å². The summed E-state index contributed by atoms with van der Waals surface area (Å²) in [6.07, 6.45) is 3.30. The maximum atomic E-state index is 12.3. The summed E-state index contributed by atoms with van der Waals surface area (Å²) < 4.78 is 0. The van der Waals surface area contributed by atoms with Crippen LogP contribution in [-0.2, 0) is 0 Å². The zero-order chi connectivity index (χ0) is 11.5. The first-order valence-corrected chi connectivity index (χ1v) is 6.27. The first-order valence-electron chi connectivity index (χ1n) is 5.83. The fourth-order valence-electron chi connectivity index (χ4n) is 2.34. The minimum absolute atomic E-state index is 0.134. The van der Waals surface area contributed by atoms with E-state index in [0.29, 0.717) is 6.04 Å². The summed E-state index contributed by atoms with van der Waals surface area (Å²) in [6, 6.07) is 7.94. The number of hydrogen-bond donors (Lipinski definition) is 1. The predicted octanol–water partition coefficient (Wildman–Crippen LogP) is 2.99. The third-order valence-corrected chi connectivity index (χ3v) is 3.63. The van der Waals surface area contributed by atoms with Gasteiger partial charge in [0.25, 0.3) is 5.91 Å². The quantitative estimate of drug-likeness (QED) is 0.781. The summed E-state index contributed by atoms with van der Waals surface area (Å²) in [4.78, 5) is 15.1. The molecule has 0 aliphatic carbocycles. The van der Waals surface area contributed by atoms with Gasteiger partial charge in [-0.25, -0.2) is 0 Å². The van der Waals surface area contributed by atoms with E-state index in [9.17, 15) is 4.79 Å². The summed E-state index contributed by atoms with van der Waals surface area (Å²) >= 11 is 4.34. The molecule has 1 atom stereocenters. The van der Waals surface area contributed by atoms with Gasteiger partial charge in [0, 0.05) is 17.5 Å². The van der Waals surface area contributed by atoms with Gasteiger partial charge in [-0.2, -0.15) is 0 Å². The van der Waals surface area contributed by atoms with Crippen LogP contribution in [0, 0.1) is 0 Å². The highest BCUT2D eigenvalue weighted by Gasteiger charge is 2.28. The molecule has 86 valence electrons. The van der Waals surface area contributed by atoms with Gasteiger partial charge in [0.1, 0.15) is 0 Å². The van der Waals surface area contributed by atoms with Crippen LogP contribution in [0.2, 0.25) is 0 Å². The Kier molecular flexibility index (Phi) is 3.54. The second-order valence-electron chi connectivity index (χ2n) is 4.22. The highest BCUT2D eigenvalue weighted by molar-refractivity contribution is 7.80. The van der Waals surface area contributed by atoms with Crippen LogP contribution in [0.25, 0.3) is 0 Å². The van der Waals surface area contributed by atoms with Crippen LogP contribution in [0.3, 0.4) is 0 Å². The molecular formula is C13H17NOS. The topological polar surface area (TPSA) is 20.3 Å². The van der Waals surface area contributed by atoms with Gasteiger partial charge in [-0.3, -0.25) is 4.79 Å². The van der Waals surface area contributed by atoms with Crippen molar-refractivity contribution in [2.75, 3.05) is 6.54 Å². The van der Waals surface area contributed by atoms with Crippen LogP contribution in [0.15, 0.2) is 29.2 Å². The van der Waals surface area contributed by atoms with E-state index in [0.717, 1.165) is 36.3 Å². The molecule has 1 saturated heterocycles. The van der Waals surface area contributed by atoms with E-state index in [1.54, 1.807) is 0 Å². The largest absolute Gasteiger partial charge is 0.336 e. The van der Waals surface area contributed by atoms with Crippen molar-refractivity contribution in [1.29, 1.82) is 0 Å². The van der Waals surface area contributed by atoms with Gasteiger partial charge in [0.15, 0.2) is 0 Å². The van der Waals surface area contributed by atoms with E-state index >= 15 is 0 Å². The van der Waals surface area contributed by atoms with Gasteiger partial charge >= 0.3 is 0 Å². The highest BCUT2D eigenvalue weighted by Crippen LogP contribution is 2.24. The van der Waals surface area contributed by atoms with E-state index < -0.39 is 0 Å². The summed E-state index contributed by atoms with van der Waals surface area (Å²) in [5, 5.41) is 0. The number of carbonyl (C=O) groups excluding carboxylic acids is 1. The second-order valence-corrected chi connectivity index (χ2v) is 4.70. The summed E-state index contributed by atoms with van der Waals surface area (Å²) in [7, 11) is 0. The van der Waals surface area contributed by atoms with E-state index in [4.69, 9.17) is 0 Å². The molecule has 1 amide bonds. The number of benzene rings is 1. The van der Waals surface area contributed by atoms with Crippen LogP contribution in [-0.4, -0.2) is 23.4 Å². The molecule has 1 aliphatic rings. The summed E-state index contributed by atoms with van der Waals surface area (Å²) in [6.45, 7) is 3.03. The lowest BCUT2D eigenvalue weighted by Gasteiger charge is -2.24. The number of rotatable bonds is 2. The highest BCUT2D eigenvalue weighted by atomic mass is 32.1. The Balaban J connectivity index is 2.22. The molecule has 0 radical (unpaired) electrons. The molecule has 16 heavy (non-hydrogen) atoms. The number of carbonyl (C=O) groups is 1. The Morgan fingerprint density at radius 2 is 2.25 bits per heavy atom. The first-order chi connectivity index (χ1) is 7.74. The number of nitrogens with zero attached hydrogens (tertiary/aromatic N) is 1. The van der Waals surface area contributed by atoms with Gasteiger partial charge in [0.2, 0.25) is 0 Å². The average molecular weight is 235 g/mol. The van der Waals surface area contributed by atoms with Crippen molar-refractivity contribution in [3.05, 3.63) is 29.8 Å². The smallest absolute Gasteiger partial charge is 0.255 e. The second kappa shape index (κ2) is 4.91. The Morgan fingerprint density at radius 1 is 1.50 bits per heavy atom. The lowest BCUT2D eigenvalue weighted by Crippen LogP contribution is -2.35. The monoisotopic (exact) mass is 235 g/mol. The van der Waals surface area contributed by atoms with Gasteiger partial charge < -0.3 is 4.90 Å². The van der Waals surface area contributed by atoms with Crippen molar-refractivity contribution in [2.24, 2.45) is 0 Å². The lowest BCUT2D eigenvalue weighted by molar-refractivity contribution is 0.0730. The van der Waals surface area contributed by atoms with Crippen LogP contribution in [0.1, 0.15) is 36.5 Å². The third kappa shape index (κ3) is 2.09. The molecular weight excluding hydrogens is 218 g/mol. The van der Waals surface area contributed by atoms with Crippen LogP contribution < -0.4 is 0 Å². The molecule has 2 nitrogen and oxygen atoms in total. The average Bonchev–Trinajstić information content (AvgIpc) is 2.77. The summed E-state index contributed by atoms with van der Waals surface area (Å²) in [5.41, 5.74) is 0.728. The van der Waals surface area contributed by atoms with Crippen molar-refractivity contribution in [2.45, 2.75) is 37.1 Å². The first kappa shape index (κ1) is 11.5. The van der Waals surface area contributed by atoms with Crippen molar-refractivity contribution in [3.8, 4) is 0 Å². The zero-order valence-corrected chi connectivity index (χ0v) is 10.4. The molecule has 1 heterocycles. The minimum Gasteiger partial charge on any atom is -0.336 e. The molecule has 3 heteroatoms. The van der Waals surface area contributed by atoms with Gasteiger partial charge in [-0.15, -0.1) is 12.6 Å². The van der Waals surface area contributed by atoms with Crippen LogP contribution >= 0.6 is 12.6 Å². The standard InChI is InChI=1S/C13H17NOS/c1-2-10-6-5-9-14(10)13(15)11-7-3-4-8-12(11)16/h3-4,7-8,10,16H,2,5-6,9H2,1H3. The minimum atomic E-state index is 0.134. The lowest BCUT2D eigenvalue weighted by atomic mass is 10.1. The van der Waals surface area contributed by atoms with Crippen molar-refractivity contribution >= 4 is 18.5 Å². The SMILES string of the molecule is CCC1CCCN1C(=O)c1ccccc1S. The van der Waals surface area contributed by atoms with Crippen LogP contribution in [0.5, 0.6) is 0 Å². The van der Waals surface area contributed by atoms with Crippen LogP contribution in [0.4, 0.5) is 0 Å². The molecule has 2 rings (SSSR count). The van der Waals surface area contributed by atoms with Crippen molar-refractivity contribution in [1.82, 2.24) is 4.90 Å². The molecule has 1 aliphatic heterocycles. The molecule has 1 unspecified atom stereocenters. The molecule has 1 aromatic carbocycles. The molecule has 1 aromatic rings. The predicted molar refractivity (Wildman–Crippen MR) is 68.0 cm³/mol. The Labute approximate surface area is 102 Å². The maximum absolute atomic E-state index is 12.3. The van der Waals surface area contributed by atoms with E-state index in [1.165, 1.54) is 0 Å². The number of thiol groups is 1. The maximum Gasteiger partial charge on any atom is 0.255 e. The zero-order valence-electron chi connectivity index (χ0n) is 9.52.